The van der Waals surface area contributed by atoms with Crippen molar-refractivity contribution in [3.63, 3.8) is 0 Å². The van der Waals surface area contributed by atoms with E-state index in [1.807, 2.05) is 48.5 Å². The first kappa shape index (κ1) is 46.2. The number of fused-ring (bicyclic) bond motifs is 3. The maximum Gasteiger partial charge on any atom is 0.407 e. The SMILES string of the molecule is COc1ccc(CN(Cc2ccc(OC)cc2)c2cc(C)c(I)c(C3CC4CNC(c5nc(OCC6(CO[Si](C)(C)C(C)(C)C)CC6)nc6c(F)cc(Cl)cc56)C3N4C(=O)O)n2)cc1. The summed E-state index contributed by atoms with van der Waals surface area (Å²) < 4.78 is 40.8. The molecule has 4 unspecified atom stereocenters. The normalized spacial score (nSPS) is 20.3. The standard InChI is InChI=1S/C48H57ClFIN6O6Si/c1-28-19-38(56(24-29-9-13-33(60-5)14-10-29)25-30-11-15-34(61-6)16-12-30)53-41(39(28)51)36-22-32-23-52-43(44(36)57(32)46(58)59)42-35-20-31(49)21-37(50)40(35)54-45(55-42)62-26-48(17-18-48)27-63-64(7,8)47(2,3)4/h9-16,19-21,32,36,43-44,52H,17-18,22-27H2,1-8H3,(H,58,59). The second-order valence-electron chi connectivity index (χ2n) is 19.1. The molecule has 16 heteroatoms. The van der Waals surface area contributed by atoms with Crippen molar-refractivity contribution in [2.75, 3.05) is 38.9 Å². The van der Waals surface area contributed by atoms with Gasteiger partial charge < -0.3 is 34.0 Å². The van der Waals surface area contributed by atoms with Gasteiger partial charge in [0.25, 0.3) is 0 Å². The lowest BCUT2D eigenvalue weighted by atomic mass is 9.88. The molecule has 2 saturated heterocycles. The van der Waals surface area contributed by atoms with Gasteiger partial charge in [0.15, 0.2) is 14.1 Å². The minimum absolute atomic E-state index is 0.0286. The number of rotatable bonds is 15. The number of amides is 1. The highest BCUT2D eigenvalue weighted by Gasteiger charge is 2.54. The van der Waals surface area contributed by atoms with Crippen LogP contribution in [0.4, 0.5) is 15.0 Å². The van der Waals surface area contributed by atoms with Gasteiger partial charge in [0.05, 0.1) is 44.3 Å². The third-order valence-corrected chi connectivity index (χ3v) is 19.8. The number of carbonyl (C=O) groups is 1. The first-order valence-corrected chi connectivity index (χ1v) is 26.1. The molecule has 1 aliphatic carbocycles. The Morgan fingerprint density at radius 2 is 1.59 bits per heavy atom. The first-order chi connectivity index (χ1) is 30.4. The molecule has 12 nitrogen and oxygen atoms in total. The zero-order valence-electron chi connectivity index (χ0n) is 37.7. The van der Waals surface area contributed by atoms with E-state index in [-0.39, 0.29) is 39.0 Å². The van der Waals surface area contributed by atoms with E-state index in [1.54, 1.807) is 25.2 Å². The Balaban J connectivity index is 1.17. The summed E-state index contributed by atoms with van der Waals surface area (Å²) in [5.74, 6) is 1.34. The number of pyridine rings is 1. The van der Waals surface area contributed by atoms with Crippen molar-refractivity contribution < 1.29 is 32.9 Å². The number of methoxy groups -OCH3 is 2. The van der Waals surface area contributed by atoms with Crippen molar-refractivity contribution in [3.8, 4) is 17.5 Å². The van der Waals surface area contributed by atoms with Crippen LogP contribution in [-0.2, 0) is 17.5 Å². The molecule has 2 aliphatic heterocycles. The van der Waals surface area contributed by atoms with Crippen molar-refractivity contribution in [3.05, 3.63) is 109 Å². The van der Waals surface area contributed by atoms with Gasteiger partial charge in [-0.1, -0.05) is 56.6 Å². The molecule has 4 atom stereocenters. The summed E-state index contributed by atoms with van der Waals surface area (Å²) in [5, 5.41) is 15.2. The van der Waals surface area contributed by atoms with Gasteiger partial charge in [-0.25, -0.2) is 14.2 Å². The second-order valence-corrected chi connectivity index (χ2v) is 25.4. The maximum atomic E-state index is 16.0. The quantitative estimate of drug-likeness (QED) is 0.0767. The Hall–Kier alpha value is -4.29. The van der Waals surface area contributed by atoms with E-state index in [1.165, 1.54) is 6.07 Å². The highest BCUT2D eigenvalue weighted by molar-refractivity contribution is 14.1. The molecule has 3 aliphatic rings. The van der Waals surface area contributed by atoms with Gasteiger partial charge in [0.1, 0.15) is 22.8 Å². The summed E-state index contributed by atoms with van der Waals surface area (Å²) in [6.45, 7) is 15.6. The number of anilines is 1. The predicted octanol–water partition coefficient (Wildman–Crippen LogP) is 10.7. The Morgan fingerprint density at radius 3 is 2.16 bits per heavy atom. The molecule has 8 rings (SSSR count). The number of aryl methyl sites for hydroxylation is 1. The lowest BCUT2D eigenvalue weighted by Crippen LogP contribution is -2.56. The topological polar surface area (TPSA) is 131 Å². The van der Waals surface area contributed by atoms with Crippen molar-refractivity contribution in [1.82, 2.24) is 25.2 Å². The molecule has 3 aromatic carbocycles. The number of hydrogen-bond donors (Lipinski definition) is 2. The van der Waals surface area contributed by atoms with Crippen LogP contribution in [0.25, 0.3) is 10.9 Å². The van der Waals surface area contributed by atoms with Gasteiger partial charge in [-0.2, -0.15) is 9.97 Å². The first-order valence-electron chi connectivity index (χ1n) is 21.7. The van der Waals surface area contributed by atoms with E-state index in [9.17, 15) is 9.90 Å². The monoisotopic (exact) mass is 1020 g/mol. The summed E-state index contributed by atoms with van der Waals surface area (Å²) >= 11 is 8.88. The Kier molecular flexibility index (Phi) is 13.1. The maximum absolute atomic E-state index is 16.0. The molecule has 4 heterocycles. The van der Waals surface area contributed by atoms with Crippen LogP contribution in [-0.4, -0.2) is 85.4 Å². The highest BCUT2D eigenvalue weighted by atomic mass is 127. The zero-order valence-corrected chi connectivity index (χ0v) is 41.6. The van der Waals surface area contributed by atoms with Gasteiger partial charge in [0.2, 0.25) is 0 Å². The number of nitrogens with one attached hydrogen (secondary N) is 1. The summed E-state index contributed by atoms with van der Waals surface area (Å²) in [4.78, 5) is 32.2. The Morgan fingerprint density at radius 1 is 0.969 bits per heavy atom. The van der Waals surface area contributed by atoms with Crippen LogP contribution in [0.2, 0.25) is 23.2 Å². The number of carboxylic acid groups (broad SMARTS) is 1. The Labute approximate surface area is 394 Å². The van der Waals surface area contributed by atoms with E-state index in [2.05, 4.69) is 84.6 Å². The molecule has 1 saturated carbocycles. The van der Waals surface area contributed by atoms with Crippen LogP contribution in [0.5, 0.6) is 17.5 Å². The smallest absolute Gasteiger partial charge is 0.407 e. The number of hydrogen-bond acceptors (Lipinski definition) is 10. The molecular weight excluding hydrogens is 966 g/mol. The van der Waals surface area contributed by atoms with E-state index in [0.717, 1.165) is 56.1 Å². The van der Waals surface area contributed by atoms with Gasteiger partial charge in [-0.15, -0.1) is 0 Å². The van der Waals surface area contributed by atoms with Crippen LogP contribution < -0.4 is 24.4 Å². The minimum atomic E-state index is -2.01. The fourth-order valence-electron chi connectivity index (χ4n) is 8.68. The molecule has 2 N–H and O–H groups in total. The van der Waals surface area contributed by atoms with E-state index < -0.39 is 32.3 Å². The largest absolute Gasteiger partial charge is 0.497 e. The fourth-order valence-corrected chi connectivity index (χ4v) is 10.7. The minimum Gasteiger partial charge on any atom is -0.497 e. The fraction of sp³-hybridized carbons (Fsp3) is 0.458. The molecule has 2 bridgehead atoms. The van der Waals surface area contributed by atoms with Crippen LogP contribution in [0, 0.1) is 21.7 Å². The molecule has 3 fully saturated rings. The molecular formula is C48H57ClFIN6O6Si. The third-order valence-electron chi connectivity index (χ3n) is 13.7. The van der Waals surface area contributed by atoms with Crippen molar-refractivity contribution in [2.45, 2.75) is 102 Å². The number of benzene rings is 3. The Bertz CT molecular complexity index is 2480. The van der Waals surface area contributed by atoms with Gasteiger partial charge in [-0.3, -0.25) is 4.90 Å². The molecule has 340 valence electrons. The lowest BCUT2D eigenvalue weighted by molar-refractivity contribution is 0.0876. The average molecular weight is 1020 g/mol. The van der Waals surface area contributed by atoms with Crippen LogP contribution in [0.1, 0.15) is 80.1 Å². The summed E-state index contributed by atoms with van der Waals surface area (Å²) in [6.07, 6.45) is 1.37. The molecule has 1 amide bonds. The number of aromatic nitrogens is 3. The van der Waals surface area contributed by atoms with Crippen molar-refractivity contribution in [1.29, 1.82) is 0 Å². The number of halogens is 3. The van der Waals surface area contributed by atoms with E-state index in [4.69, 9.17) is 40.2 Å². The number of nitrogens with zero attached hydrogens (tertiary/aromatic N) is 5. The van der Waals surface area contributed by atoms with Crippen molar-refractivity contribution in [2.24, 2.45) is 5.41 Å². The zero-order chi connectivity index (χ0) is 45.7. The van der Waals surface area contributed by atoms with Crippen LogP contribution in [0.3, 0.4) is 0 Å². The van der Waals surface area contributed by atoms with Gasteiger partial charge in [-0.05, 0) is 126 Å². The van der Waals surface area contributed by atoms with Gasteiger partial charge >= 0.3 is 12.1 Å². The van der Waals surface area contributed by atoms with E-state index in [0.29, 0.717) is 50.3 Å². The molecule has 5 aromatic rings. The van der Waals surface area contributed by atoms with Crippen LogP contribution in [0.15, 0.2) is 66.7 Å². The lowest BCUT2D eigenvalue weighted by Gasteiger charge is -2.40. The summed E-state index contributed by atoms with van der Waals surface area (Å²) in [7, 11) is 1.29. The number of piperazine rings is 1. The highest BCUT2D eigenvalue weighted by Crippen LogP contribution is 2.50. The second kappa shape index (κ2) is 18.2. The van der Waals surface area contributed by atoms with Crippen LogP contribution >= 0.6 is 34.2 Å². The molecule has 0 radical (unpaired) electrons. The molecule has 64 heavy (non-hydrogen) atoms. The predicted molar refractivity (Wildman–Crippen MR) is 258 cm³/mol. The average Bonchev–Trinajstić information content (AvgIpc) is 3.99. The summed E-state index contributed by atoms with van der Waals surface area (Å²) in [6, 6.07) is 19.3. The number of ether oxygens (including phenoxy) is 3. The summed E-state index contributed by atoms with van der Waals surface area (Å²) in [5.41, 5.74) is 4.27. The molecule has 0 spiro atoms. The third kappa shape index (κ3) is 9.51. The van der Waals surface area contributed by atoms with E-state index >= 15 is 4.39 Å². The molecule has 2 aromatic heterocycles. The van der Waals surface area contributed by atoms with Crippen molar-refractivity contribution >= 4 is 65.3 Å². The van der Waals surface area contributed by atoms with Gasteiger partial charge in [0, 0.05) is 57.6 Å².